The molecule has 0 unspecified atom stereocenters. The van der Waals surface area contributed by atoms with Crippen LogP contribution in [0.2, 0.25) is 0 Å². The normalized spacial score (nSPS) is 11.9. The van der Waals surface area contributed by atoms with E-state index in [-0.39, 0.29) is 18.7 Å². The second-order valence-corrected chi connectivity index (χ2v) is 5.16. The number of carbonyl (C=O) groups is 2. The van der Waals surface area contributed by atoms with Crippen LogP contribution in [0.25, 0.3) is 0 Å². The summed E-state index contributed by atoms with van der Waals surface area (Å²) in [4.78, 5) is 23.1. The summed E-state index contributed by atoms with van der Waals surface area (Å²) in [6, 6.07) is 7.19. The molecule has 2 aromatic rings. The van der Waals surface area contributed by atoms with E-state index in [0.29, 0.717) is 17.9 Å². The first-order chi connectivity index (χ1) is 11.0. The highest BCUT2D eigenvalue weighted by Crippen LogP contribution is 2.24. The molecule has 1 aromatic heterocycles. The number of nitrogens with one attached hydrogen (secondary N) is 1. The molecule has 0 fully saturated rings. The van der Waals surface area contributed by atoms with Crippen molar-refractivity contribution in [1.29, 1.82) is 0 Å². The van der Waals surface area contributed by atoms with E-state index in [0.717, 1.165) is 0 Å². The molecule has 0 saturated heterocycles. The Hall–Kier alpha value is -2.70. The van der Waals surface area contributed by atoms with Gasteiger partial charge in [0, 0.05) is 31.1 Å². The van der Waals surface area contributed by atoms with Gasteiger partial charge in [-0.2, -0.15) is 5.10 Å². The second kappa shape index (κ2) is 7.53. The molecule has 23 heavy (non-hydrogen) atoms. The molecule has 1 heterocycles. The molecule has 0 radical (unpaired) electrons. The lowest BCUT2D eigenvalue weighted by Crippen LogP contribution is -2.18. The summed E-state index contributed by atoms with van der Waals surface area (Å²) in [5.74, 6) is -1.85. The molecule has 0 aliphatic rings. The van der Waals surface area contributed by atoms with Crippen molar-refractivity contribution in [3.63, 3.8) is 0 Å². The fourth-order valence-corrected chi connectivity index (χ4v) is 2.28. The Labute approximate surface area is 132 Å². The Kier molecular flexibility index (Phi) is 5.46. The average Bonchev–Trinajstić information content (AvgIpc) is 2.94. The maximum atomic E-state index is 13.0. The Morgan fingerprint density at radius 1 is 1.26 bits per heavy atom. The zero-order valence-electron chi connectivity index (χ0n) is 12.7. The van der Waals surface area contributed by atoms with Gasteiger partial charge in [0.25, 0.3) is 0 Å². The molecule has 0 aliphatic heterocycles. The minimum atomic E-state index is -1.01. The smallest absolute Gasteiger partial charge is 0.303 e. The molecule has 1 atom stereocenters. The fraction of sp³-hybridized carbons (Fsp3) is 0.312. The SMILES string of the molecule is CCn1ccc(NC(=O)C[C@@H](CC(=O)O)c2ccc(F)cc2)n1. The number of aryl methyl sites for hydroxylation is 1. The summed E-state index contributed by atoms with van der Waals surface area (Å²) in [7, 11) is 0. The third-order valence-corrected chi connectivity index (χ3v) is 3.43. The number of carboxylic acids is 1. The van der Waals surface area contributed by atoms with Gasteiger partial charge in [0.2, 0.25) is 5.91 Å². The maximum absolute atomic E-state index is 13.0. The van der Waals surface area contributed by atoms with Gasteiger partial charge >= 0.3 is 5.97 Å². The van der Waals surface area contributed by atoms with Gasteiger partial charge in [-0.3, -0.25) is 14.3 Å². The number of aliphatic carboxylic acids is 1. The van der Waals surface area contributed by atoms with E-state index in [1.165, 1.54) is 24.3 Å². The zero-order valence-corrected chi connectivity index (χ0v) is 12.7. The molecular formula is C16H18FN3O3. The van der Waals surface area contributed by atoms with Crippen LogP contribution in [-0.2, 0) is 16.1 Å². The van der Waals surface area contributed by atoms with E-state index in [9.17, 15) is 14.0 Å². The zero-order chi connectivity index (χ0) is 16.8. The monoisotopic (exact) mass is 319 g/mol. The number of carbonyl (C=O) groups excluding carboxylic acids is 1. The molecule has 1 amide bonds. The van der Waals surface area contributed by atoms with Crippen molar-refractivity contribution in [2.45, 2.75) is 32.2 Å². The van der Waals surface area contributed by atoms with E-state index in [1.54, 1.807) is 16.9 Å². The quantitative estimate of drug-likeness (QED) is 0.821. The lowest BCUT2D eigenvalue weighted by atomic mass is 9.92. The van der Waals surface area contributed by atoms with Crippen LogP contribution in [-0.4, -0.2) is 26.8 Å². The van der Waals surface area contributed by atoms with Crippen LogP contribution in [0.1, 0.15) is 31.2 Å². The van der Waals surface area contributed by atoms with E-state index in [1.807, 2.05) is 6.92 Å². The molecule has 7 heteroatoms. The van der Waals surface area contributed by atoms with Gasteiger partial charge in [-0.25, -0.2) is 4.39 Å². The molecule has 1 aromatic carbocycles. The number of hydrogen-bond donors (Lipinski definition) is 2. The maximum Gasteiger partial charge on any atom is 0.303 e. The Morgan fingerprint density at radius 3 is 2.52 bits per heavy atom. The highest BCUT2D eigenvalue weighted by molar-refractivity contribution is 5.90. The number of nitrogens with zero attached hydrogens (tertiary/aromatic N) is 2. The third kappa shape index (κ3) is 4.91. The summed E-state index contributed by atoms with van der Waals surface area (Å²) >= 11 is 0. The number of amides is 1. The highest BCUT2D eigenvalue weighted by atomic mass is 19.1. The predicted octanol–water partition coefficient (Wildman–Crippen LogP) is 2.63. The third-order valence-electron chi connectivity index (χ3n) is 3.43. The Balaban J connectivity index is 2.05. The minimum absolute atomic E-state index is 0.0169. The first-order valence-corrected chi connectivity index (χ1v) is 7.28. The number of anilines is 1. The van der Waals surface area contributed by atoms with Crippen LogP contribution < -0.4 is 5.32 Å². The number of benzene rings is 1. The lowest BCUT2D eigenvalue weighted by molar-refractivity contribution is -0.137. The van der Waals surface area contributed by atoms with Crippen LogP contribution in [0.15, 0.2) is 36.5 Å². The Morgan fingerprint density at radius 2 is 1.96 bits per heavy atom. The van der Waals surface area contributed by atoms with E-state index in [2.05, 4.69) is 10.4 Å². The summed E-state index contributed by atoms with van der Waals surface area (Å²) in [6.45, 7) is 2.61. The first-order valence-electron chi connectivity index (χ1n) is 7.28. The molecule has 6 nitrogen and oxygen atoms in total. The van der Waals surface area contributed by atoms with E-state index in [4.69, 9.17) is 5.11 Å². The van der Waals surface area contributed by atoms with Gasteiger partial charge in [0.15, 0.2) is 5.82 Å². The van der Waals surface area contributed by atoms with Crippen molar-refractivity contribution < 1.29 is 19.1 Å². The van der Waals surface area contributed by atoms with Gasteiger partial charge in [-0.1, -0.05) is 12.1 Å². The molecule has 0 spiro atoms. The van der Waals surface area contributed by atoms with Crippen molar-refractivity contribution in [3.8, 4) is 0 Å². The van der Waals surface area contributed by atoms with E-state index >= 15 is 0 Å². The molecule has 0 saturated carbocycles. The van der Waals surface area contributed by atoms with Gasteiger partial charge in [-0.05, 0) is 24.6 Å². The number of rotatable bonds is 7. The topological polar surface area (TPSA) is 84.2 Å². The summed E-state index contributed by atoms with van der Waals surface area (Å²) < 4.78 is 14.7. The van der Waals surface area contributed by atoms with Crippen LogP contribution in [0.5, 0.6) is 0 Å². The molecule has 2 N–H and O–H groups in total. The minimum Gasteiger partial charge on any atom is -0.481 e. The van der Waals surface area contributed by atoms with Crippen molar-refractivity contribution in [1.82, 2.24) is 9.78 Å². The molecule has 0 aliphatic carbocycles. The summed E-state index contributed by atoms with van der Waals surface area (Å²) in [5, 5.41) is 15.8. The number of carboxylic acid groups (broad SMARTS) is 1. The molecular weight excluding hydrogens is 301 g/mol. The van der Waals surface area contributed by atoms with Crippen molar-refractivity contribution in [3.05, 3.63) is 47.9 Å². The predicted molar refractivity (Wildman–Crippen MR) is 82.5 cm³/mol. The van der Waals surface area contributed by atoms with Gasteiger partial charge in [0.05, 0.1) is 6.42 Å². The number of halogens is 1. The number of hydrogen-bond acceptors (Lipinski definition) is 3. The van der Waals surface area contributed by atoms with Crippen LogP contribution in [0.4, 0.5) is 10.2 Å². The van der Waals surface area contributed by atoms with Gasteiger partial charge < -0.3 is 10.4 Å². The van der Waals surface area contributed by atoms with Crippen LogP contribution >= 0.6 is 0 Å². The van der Waals surface area contributed by atoms with Crippen molar-refractivity contribution >= 4 is 17.7 Å². The van der Waals surface area contributed by atoms with Crippen LogP contribution in [0, 0.1) is 5.82 Å². The number of aromatic nitrogens is 2. The highest BCUT2D eigenvalue weighted by Gasteiger charge is 2.20. The molecule has 2 rings (SSSR count). The average molecular weight is 319 g/mol. The lowest BCUT2D eigenvalue weighted by Gasteiger charge is -2.14. The Bertz CT molecular complexity index is 682. The summed E-state index contributed by atoms with van der Waals surface area (Å²) in [5.41, 5.74) is 0.614. The molecule has 0 bridgehead atoms. The van der Waals surface area contributed by atoms with Crippen LogP contribution in [0.3, 0.4) is 0 Å². The van der Waals surface area contributed by atoms with E-state index < -0.39 is 17.7 Å². The van der Waals surface area contributed by atoms with Gasteiger partial charge in [-0.15, -0.1) is 0 Å². The van der Waals surface area contributed by atoms with Crippen molar-refractivity contribution in [2.24, 2.45) is 0 Å². The summed E-state index contributed by atoms with van der Waals surface area (Å²) in [6.07, 6.45) is 1.52. The standard InChI is InChI=1S/C16H18FN3O3/c1-2-20-8-7-14(19-20)18-15(21)9-12(10-16(22)23)11-3-5-13(17)6-4-11/h3-8,12H,2,9-10H2,1H3,(H,22,23)(H,18,19,21)/t12-/m0/s1. The van der Waals surface area contributed by atoms with Crippen molar-refractivity contribution in [2.75, 3.05) is 5.32 Å². The second-order valence-electron chi connectivity index (χ2n) is 5.16. The first kappa shape index (κ1) is 16.7. The largest absolute Gasteiger partial charge is 0.481 e. The fourth-order valence-electron chi connectivity index (χ4n) is 2.28. The van der Waals surface area contributed by atoms with Gasteiger partial charge in [0.1, 0.15) is 5.82 Å². The molecule has 122 valence electrons.